The molecule has 3 heterocycles. The summed E-state index contributed by atoms with van der Waals surface area (Å²) in [4.78, 5) is 24.8. The van der Waals surface area contributed by atoms with Gasteiger partial charge in [0.05, 0.1) is 11.4 Å². The van der Waals surface area contributed by atoms with Gasteiger partial charge in [0.1, 0.15) is 17.3 Å². The molecule has 2 aromatic heterocycles. The van der Waals surface area contributed by atoms with E-state index in [0.29, 0.717) is 6.04 Å². The van der Waals surface area contributed by atoms with Crippen molar-refractivity contribution in [3.05, 3.63) is 34.0 Å². The Balaban J connectivity index is 1.37. The van der Waals surface area contributed by atoms with Crippen molar-refractivity contribution in [1.82, 2.24) is 24.6 Å². The third-order valence-corrected chi connectivity index (χ3v) is 7.12. The number of fused-ring (bicyclic) bond motifs is 2. The first-order valence-corrected chi connectivity index (χ1v) is 10.8. The molecule has 1 amide bonds. The summed E-state index contributed by atoms with van der Waals surface area (Å²) in [5.74, 6) is 2.02. The zero-order valence-corrected chi connectivity index (χ0v) is 17.9. The minimum Gasteiger partial charge on any atom is -0.367 e. The Kier molecular flexibility index (Phi) is 4.19. The van der Waals surface area contributed by atoms with Crippen LogP contribution in [0.1, 0.15) is 70.9 Å². The van der Waals surface area contributed by atoms with Crippen molar-refractivity contribution in [3.8, 4) is 0 Å². The van der Waals surface area contributed by atoms with Crippen molar-refractivity contribution in [1.29, 1.82) is 0 Å². The van der Waals surface area contributed by atoms with E-state index < -0.39 is 0 Å². The normalized spacial score (nSPS) is 20.2. The van der Waals surface area contributed by atoms with Gasteiger partial charge in [0, 0.05) is 42.7 Å². The molecule has 0 unspecified atom stereocenters. The van der Waals surface area contributed by atoms with Gasteiger partial charge in [0.2, 0.25) is 0 Å². The first kappa shape index (κ1) is 18.6. The number of carbonyl (C=O) groups excluding carboxylic acids is 1. The van der Waals surface area contributed by atoms with Crippen LogP contribution in [0.2, 0.25) is 0 Å². The zero-order valence-electron chi connectivity index (χ0n) is 17.9. The number of hydrogen-bond donors (Lipinski definition) is 1. The van der Waals surface area contributed by atoms with Crippen molar-refractivity contribution in [2.45, 2.75) is 70.8 Å². The molecule has 0 atom stereocenters. The lowest BCUT2D eigenvalue weighted by molar-refractivity contribution is 0.0651. The van der Waals surface area contributed by atoms with Gasteiger partial charge in [-0.2, -0.15) is 5.10 Å². The van der Waals surface area contributed by atoms with Crippen LogP contribution in [0.4, 0.5) is 5.82 Å². The third-order valence-electron chi connectivity index (χ3n) is 7.12. The fourth-order valence-corrected chi connectivity index (χ4v) is 5.13. The van der Waals surface area contributed by atoms with E-state index in [1.165, 1.54) is 24.1 Å². The van der Waals surface area contributed by atoms with Crippen LogP contribution in [0.15, 0.2) is 0 Å². The van der Waals surface area contributed by atoms with Crippen LogP contribution in [0.5, 0.6) is 0 Å². The standard InChI is InChI=1S/C22H30N6O/c1-13-14(2)26-27(4)18(13)21(29)28-11-9-22(10-12-28)8-7-17-19(22)23-15(3)24-20(17)25-16-5-6-16/h16H,5-12H2,1-4H3,(H,23,24,25). The third kappa shape index (κ3) is 3.02. The summed E-state index contributed by atoms with van der Waals surface area (Å²) in [7, 11) is 1.86. The van der Waals surface area contributed by atoms with Gasteiger partial charge in [-0.1, -0.05) is 0 Å². The van der Waals surface area contributed by atoms with Crippen LogP contribution in [-0.4, -0.2) is 49.7 Å². The molecule has 1 saturated carbocycles. The summed E-state index contributed by atoms with van der Waals surface area (Å²) in [5, 5.41) is 8.04. The van der Waals surface area contributed by atoms with Gasteiger partial charge in [-0.3, -0.25) is 9.48 Å². The van der Waals surface area contributed by atoms with E-state index in [-0.39, 0.29) is 11.3 Å². The lowest BCUT2D eigenvalue weighted by Gasteiger charge is -2.39. The quantitative estimate of drug-likeness (QED) is 0.866. The second kappa shape index (κ2) is 6.54. The highest BCUT2D eigenvalue weighted by Gasteiger charge is 2.45. The fourth-order valence-electron chi connectivity index (χ4n) is 5.13. The number of aromatic nitrogens is 4. The second-order valence-electron chi connectivity index (χ2n) is 9.12. The maximum atomic E-state index is 13.2. The smallest absolute Gasteiger partial charge is 0.272 e. The number of likely N-dealkylation sites (tertiary alicyclic amines) is 1. The molecule has 2 aromatic rings. The van der Waals surface area contributed by atoms with E-state index in [2.05, 4.69) is 10.4 Å². The van der Waals surface area contributed by atoms with Gasteiger partial charge in [0.15, 0.2) is 0 Å². The first-order valence-electron chi connectivity index (χ1n) is 10.8. The molecule has 0 bridgehead atoms. The average Bonchev–Trinajstić information content (AvgIpc) is 3.38. The number of aryl methyl sites for hydroxylation is 3. The largest absolute Gasteiger partial charge is 0.367 e. The number of hydrogen-bond acceptors (Lipinski definition) is 5. The molecule has 1 aliphatic heterocycles. The summed E-state index contributed by atoms with van der Waals surface area (Å²) in [5.41, 5.74) is 5.30. The van der Waals surface area contributed by atoms with Crippen molar-refractivity contribution >= 4 is 11.7 Å². The lowest BCUT2D eigenvalue weighted by Crippen LogP contribution is -2.45. The molecule has 29 heavy (non-hydrogen) atoms. The van der Waals surface area contributed by atoms with Crippen LogP contribution >= 0.6 is 0 Å². The predicted octanol–water partition coefficient (Wildman–Crippen LogP) is 2.83. The Bertz CT molecular complexity index is 982. The van der Waals surface area contributed by atoms with Crippen molar-refractivity contribution < 1.29 is 4.79 Å². The number of carbonyl (C=O) groups is 1. The molecule has 1 spiro atoms. The highest BCUT2D eigenvalue weighted by Crippen LogP contribution is 2.47. The van der Waals surface area contributed by atoms with E-state index in [9.17, 15) is 4.79 Å². The minimum atomic E-state index is 0.0945. The number of nitrogens with one attached hydrogen (secondary N) is 1. The van der Waals surface area contributed by atoms with E-state index in [4.69, 9.17) is 9.97 Å². The summed E-state index contributed by atoms with van der Waals surface area (Å²) < 4.78 is 1.73. The highest BCUT2D eigenvalue weighted by atomic mass is 16.2. The molecule has 7 heteroatoms. The molecule has 0 radical (unpaired) electrons. The monoisotopic (exact) mass is 394 g/mol. The molecule has 3 aliphatic rings. The molecular weight excluding hydrogens is 364 g/mol. The van der Waals surface area contributed by atoms with E-state index >= 15 is 0 Å². The number of nitrogens with zero attached hydrogens (tertiary/aromatic N) is 5. The summed E-state index contributed by atoms with van der Waals surface area (Å²) >= 11 is 0. The fraction of sp³-hybridized carbons (Fsp3) is 0.636. The maximum Gasteiger partial charge on any atom is 0.272 e. The Labute approximate surface area is 171 Å². The van der Waals surface area contributed by atoms with Crippen LogP contribution in [0.3, 0.4) is 0 Å². The average molecular weight is 395 g/mol. The minimum absolute atomic E-state index is 0.0945. The first-order chi connectivity index (χ1) is 13.9. The van der Waals surface area contributed by atoms with Gasteiger partial charge in [-0.15, -0.1) is 0 Å². The van der Waals surface area contributed by atoms with E-state index in [1.54, 1.807) is 4.68 Å². The van der Waals surface area contributed by atoms with Crippen molar-refractivity contribution in [3.63, 3.8) is 0 Å². The molecule has 1 N–H and O–H groups in total. The van der Waals surface area contributed by atoms with E-state index in [1.807, 2.05) is 32.7 Å². The van der Waals surface area contributed by atoms with Gasteiger partial charge >= 0.3 is 0 Å². The van der Waals surface area contributed by atoms with Crippen LogP contribution in [0, 0.1) is 20.8 Å². The van der Waals surface area contributed by atoms with Crippen LogP contribution < -0.4 is 5.32 Å². The molecular formula is C22H30N6O. The molecule has 154 valence electrons. The van der Waals surface area contributed by atoms with Gasteiger partial charge in [-0.05, 0) is 59.3 Å². The topological polar surface area (TPSA) is 75.9 Å². The molecule has 0 aromatic carbocycles. The summed E-state index contributed by atoms with van der Waals surface area (Å²) in [6.07, 6.45) is 6.59. The SMILES string of the molecule is Cc1nc(NC2CC2)c2c(n1)C1(CC2)CCN(C(=O)c2c(C)c(C)nn2C)CC1. The predicted molar refractivity (Wildman–Crippen MR) is 111 cm³/mol. The Hall–Kier alpha value is -2.44. The van der Waals surface area contributed by atoms with Crippen LogP contribution in [0.25, 0.3) is 0 Å². The van der Waals surface area contributed by atoms with Crippen molar-refractivity contribution in [2.24, 2.45) is 7.05 Å². The van der Waals surface area contributed by atoms with Gasteiger partial charge in [0.25, 0.3) is 5.91 Å². The van der Waals surface area contributed by atoms with Crippen molar-refractivity contribution in [2.75, 3.05) is 18.4 Å². The number of anilines is 1. The zero-order chi connectivity index (χ0) is 20.3. The molecule has 7 nitrogen and oxygen atoms in total. The number of amides is 1. The maximum absolute atomic E-state index is 13.2. The van der Waals surface area contributed by atoms with Gasteiger partial charge < -0.3 is 10.2 Å². The second-order valence-corrected chi connectivity index (χ2v) is 9.12. The summed E-state index contributed by atoms with van der Waals surface area (Å²) in [6.45, 7) is 7.49. The highest BCUT2D eigenvalue weighted by molar-refractivity contribution is 5.94. The lowest BCUT2D eigenvalue weighted by atomic mass is 9.76. The number of rotatable bonds is 3. The number of piperidine rings is 1. The Morgan fingerprint density at radius 1 is 1.10 bits per heavy atom. The molecule has 1 saturated heterocycles. The Morgan fingerprint density at radius 2 is 1.83 bits per heavy atom. The molecule has 2 fully saturated rings. The molecule has 2 aliphatic carbocycles. The Morgan fingerprint density at radius 3 is 2.45 bits per heavy atom. The van der Waals surface area contributed by atoms with Gasteiger partial charge in [-0.25, -0.2) is 9.97 Å². The van der Waals surface area contributed by atoms with E-state index in [0.717, 1.165) is 67.4 Å². The molecule has 5 rings (SSSR count). The summed E-state index contributed by atoms with van der Waals surface area (Å²) in [6, 6.07) is 0.593. The van der Waals surface area contributed by atoms with Crippen LogP contribution in [-0.2, 0) is 18.9 Å².